The third-order valence-electron chi connectivity index (χ3n) is 3.64. The molecule has 6 nitrogen and oxygen atoms in total. The van der Waals surface area contributed by atoms with Crippen LogP contribution in [-0.2, 0) is 26.1 Å². The van der Waals surface area contributed by atoms with E-state index in [1.807, 2.05) is 6.92 Å². The number of carbonyl (C=O) groups is 1. The van der Waals surface area contributed by atoms with Crippen LogP contribution in [0.2, 0.25) is 0 Å². The highest BCUT2D eigenvalue weighted by molar-refractivity contribution is 7.93. The van der Waals surface area contributed by atoms with Gasteiger partial charge in [0.05, 0.1) is 5.69 Å². The van der Waals surface area contributed by atoms with Gasteiger partial charge in [-0.3, -0.25) is 9.52 Å². The number of methoxy groups -OCH3 is 1. The molecule has 1 amide bonds. The van der Waals surface area contributed by atoms with Crippen molar-refractivity contribution in [1.29, 1.82) is 0 Å². The molecular formula is C17H23F3N2O4S. The maximum Gasteiger partial charge on any atom is 0.516 e. The zero-order chi connectivity index (χ0) is 20.8. The third-order valence-corrected chi connectivity index (χ3v) is 4.74. The number of alkyl halides is 3. The van der Waals surface area contributed by atoms with E-state index in [9.17, 15) is 26.4 Å². The zero-order valence-electron chi connectivity index (χ0n) is 15.3. The van der Waals surface area contributed by atoms with E-state index in [2.05, 4.69) is 11.3 Å². The van der Waals surface area contributed by atoms with Crippen LogP contribution in [0.3, 0.4) is 0 Å². The van der Waals surface area contributed by atoms with Crippen LogP contribution in [0.15, 0.2) is 36.4 Å². The SMILES string of the molecule is C=C1CC(C)CN(Cc2ccccc2NS(=O)(=O)C(F)(F)F)C1=O.COC. The van der Waals surface area contributed by atoms with Gasteiger partial charge >= 0.3 is 15.5 Å². The normalized spacial score (nSPS) is 18.0. The predicted molar refractivity (Wildman–Crippen MR) is 96.3 cm³/mol. The highest BCUT2D eigenvalue weighted by Gasteiger charge is 2.46. The average molecular weight is 408 g/mol. The molecule has 1 saturated heterocycles. The number of anilines is 1. The maximum atomic E-state index is 12.5. The molecule has 0 spiro atoms. The van der Waals surface area contributed by atoms with Crippen LogP contribution in [0.1, 0.15) is 18.9 Å². The summed E-state index contributed by atoms with van der Waals surface area (Å²) in [7, 11) is -2.27. The Balaban J connectivity index is 0.00000114. The molecule has 0 radical (unpaired) electrons. The van der Waals surface area contributed by atoms with Crippen molar-refractivity contribution >= 4 is 21.6 Å². The van der Waals surface area contributed by atoms with Gasteiger partial charge in [0.15, 0.2) is 0 Å². The summed E-state index contributed by atoms with van der Waals surface area (Å²) in [4.78, 5) is 13.6. The third kappa shape index (κ3) is 6.24. The minimum Gasteiger partial charge on any atom is -0.388 e. The molecule has 0 bridgehead atoms. The number of hydrogen-bond acceptors (Lipinski definition) is 4. The Hall–Kier alpha value is -2.07. The smallest absolute Gasteiger partial charge is 0.388 e. The molecule has 1 fully saturated rings. The molecule has 1 aliphatic rings. The standard InChI is InChI=1S/C15H17F3N2O3S.C2H6O/c1-10-7-11(2)14(21)20(8-10)9-12-5-3-4-6-13(12)19-24(22,23)15(16,17)18;1-3-2/h3-6,10,19H,2,7-9H2,1H3;1-2H3. The highest BCUT2D eigenvalue weighted by atomic mass is 32.2. The molecule has 0 saturated carbocycles. The van der Waals surface area contributed by atoms with Crippen molar-refractivity contribution in [3.8, 4) is 0 Å². The Morgan fingerprint density at radius 2 is 1.85 bits per heavy atom. The second kappa shape index (κ2) is 9.23. The van der Waals surface area contributed by atoms with Crippen molar-refractivity contribution in [1.82, 2.24) is 4.90 Å². The molecule has 0 aromatic heterocycles. The summed E-state index contributed by atoms with van der Waals surface area (Å²) in [6.07, 6.45) is 0.567. The molecule has 1 aromatic rings. The van der Waals surface area contributed by atoms with E-state index in [4.69, 9.17) is 0 Å². The van der Waals surface area contributed by atoms with Gasteiger partial charge in [-0.2, -0.15) is 21.6 Å². The lowest BCUT2D eigenvalue weighted by molar-refractivity contribution is -0.130. The molecule has 1 aliphatic heterocycles. The van der Waals surface area contributed by atoms with Gasteiger partial charge in [0.1, 0.15) is 0 Å². The zero-order valence-corrected chi connectivity index (χ0v) is 16.2. The first kappa shape index (κ1) is 23.0. The fourth-order valence-corrected chi connectivity index (χ4v) is 3.16. The second-order valence-corrected chi connectivity index (χ2v) is 7.89. The fourth-order valence-electron chi connectivity index (χ4n) is 2.56. The molecule has 0 aliphatic carbocycles. The number of amides is 1. The molecule has 1 unspecified atom stereocenters. The van der Waals surface area contributed by atoms with E-state index in [1.165, 1.54) is 23.1 Å². The summed E-state index contributed by atoms with van der Waals surface area (Å²) >= 11 is 0. The number of carbonyl (C=O) groups excluding carboxylic acids is 1. The molecule has 1 aromatic carbocycles. The maximum absolute atomic E-state index is 12.5. The lowest BCUT2D eigenvalue weighted by atomic mass is 9.95. The Bertz CT molecular complexity index is 779. The number of piperidine rings is 1. The van der Waals surface area contributed by atoms with Gasteiger partial charge in [0, 0.05) is 32.9 Å². The van der Waals surface area contributed by atoms with Crippen LogP contribution in [0.5, 0.6) is 0 Å². The molecule has 10 heteroatoms. The highest BCUT2D eigenvalue weighted by Crippen LogP contribution is 2.29. The Labute approximate surface area is 157 Å². The summed E-state index contributed by atoms with van der Waals surface area (Å²) < 4.78 is 66.0. The van der Waals surface area contributed by atoms with Crippen molar-refractivity contribution in [2.45, 2.75) is 25.4 Å². The van der Waals surface area contributed by atoms with Crippen molar-refractivity contribution < 1.29 is 31.1 Å². The Morgan fingerprint density at radius 1 is 1.30 bits per heavy atom. The van der Waals surface area contributed by atoms with Gasteiger partial charge in [-0.15, -0.1) is 0 Å². The average Bonchev–Trinajstić information content (AvgIpc) is 2.53. The molecular weight excluding hydrogens is 385 g/mol. The van der Waals surface area contributed by atoms with Crippen molar-refractivity contribution in [3.63, 3.8) is 0 Å². The van der Waals surface area contributed by atoms with Gasteiger partial charge in [-0.05, 0) is 24.0 Å². The number of hydrogen-bond donors (Lipinski definition) is 1. The monoisotopic (exact) mass is 408 g/mol. The number of sulfonamides is 1. The first-order valence-electron chi connectivity index (χ1n) is 7.97. The topological polar surface area (TPSA) is 75.7 Å². The number of rotatable bonds is 4. The molecule has 2 rings (SSSR count). The van der Waals surface area contributed by atoms with E-state index >= 15 is 0 Å². The molecule has 1 heterocycles. The first-order valence-corrected chi connectivity index (χ1v) is 9.45. The molecule has 27 heavy (non-hydrogen) atoms. The summed E-state index contributed by atoms with van der Waals surface area (Å²) in [6, 6.07) is 5.68. The van der Waals surface area contributed by atoms with Gasteiger partial charge in [0.25, 0.3) is 0 Å². The lowest BCUT2D eigenvalue weighted by Crippen LogP contribution is -2.40. The molecule has 1 atom stereocenters. The largest absolute Gasteiger partial charge is 0.516 e. The van der Waals surface area contributed by atoms with E-state index < -0.39 is 15.5 Å². The van der Waals surface area contributed by atoms with E-state index in [-0.39, 0.29) is 29.6 Å². The van der Waals surface area contributed by atoms with Gasteiger partial charge in [-0.25, -0.2) is 0 Å². The van der Waals surface area contributed by atoms with Gasteiger partial charge in [-0.1, -0.05) is 31.7 Å². The number of halogens is 3. The van der Waals surface area contributed by atoms with Crippen molar-refractivity contribution in [2.24, 2.45) is 5.92 Å². The molecule has 1 N–H and O–H groups in total. The van der Waals surface area contributed by atoms with Crippen molar-refractivity contribution in [3.05, 3.63) is 42.0 Å². The van der Waals surface area contributed by atoms with Gasteiger partial charge < -0.3 is 9.64 Å². The van der Waals surface area contributed by atoms with E-state index in [0.717, 1.165) is 0 Å². The van der Waals surface area contributed by atoms with Crippen LogP contribution >= 0.6 is 0 Å². The van der Waals surface area contributed by atoms with Crippen LogP contribution in [0, 0.1) is 5.92 Å². The number of nitrogens with zero attached hydrogens (tertiary/aromatic N) is 1. The minimum atomic E-state index is -5.52. The summed E-state index contributed by atoms with van der Waals surface area (Å²) in [5.74, 6) is -0.101. The summed E-state index contributed by atoms with van der Waals surface area (Å²) in [6.45, 7) is 6.06. The second-order valence-electron chi connectivity index (χ2n) is 6.22. The van der Waals surface area contributed by atoms with Crippen LogP contribution in [0.4, 0.5) is 18.9 Å². The minimum absolute atomic E-state index is 0.00125. The predicted octanol–water partition coefficient (Wildman–Crippen LogP) is 3.14. The van der Waals surface area contributed by atoms with Gasteiger partial charge in [0.2, 0.25) is 5.91 Å². The van der Waals surface area contributed by atoms with E-state index in [0.29, 0.717) is 18.5 Å². The van der Waals surface area contributed by atoms with Crippen LogP contribution < -0.4 is 4.72 Å². The van der Waals surface area contributed by atoms with Crippen molar-refractivity contribution in [2.75, 3.05) is 25.5 Å². The first-order chi connectivity index (χ1) is 12.4. The number of likely N-dealkylation sites (tertiary alicyclic amines) is 1. The van der Waals surface area contributed by atoms with E-state index in [1.54, 1.807) is 25.0 Å². The number of para-hydroxylation sites is 1. The quantitative estimate of drug-likeness (QED) is 0.777. The fraction of sp³-hybridized carbons (Fsp3) is 0.471. The lowest BCUT2D eigenvalue weighted by Gasteiger charge is -2.32. The molecule has 152 valence electrons. The summed E-state index contributed by atoms with van der Waals surface area (Å²) in [5, 5.41) is 0. The van der Waals surface area contributed by atoms with Crippen LogP contribution in [0.25, 0.3) is 0 Å². The Kier molecular flexibility index (Phi) is 7.85. The number of benzene rings is 1. The number of nitrogens with one attached hydrogen (secondary N) is 1. The van der Waals surface area contributed by atoms with Crippen LogP contribution in [-0.4, -0.2) is 45.5 Å². The number of ether oxygens (including phenoxy) is 1. The Morgan fingerprint density at radius 3 is 2.41 bits per heavy atom. The summed E-state index contributed by atoms with van der Waals surface area (Å²) in [5.41, 5.74) is -4.90.